The minimum Gasteiger partial charge on any atom is -0.494 e. The fourth-order valence-electron chi connectivity index (χ4n) is 2.92. The van der Waals surface area contributed by atoms with Gasteiger partial charge >= 0.3 is 0 Å². The van der Waals surface area contributed by atoms with E-state index in [0.717, 1.165) is 54.8 Å². The number of aromatic nitrogens is 2. The van der Waals surface area contributed by atoms with Crippen molar-refractivity contribution in [1.82, 2.24) is 20.0 Å². The van der Waals surface area contributed by atoms with Crippen LogP contribution in [0.3, 0.4) is 0 Å². The molecule has 2 aromatic rings. The van der Waals surface area contributed by atoms with Crippen molar-refractivity contribution in [2.45, 2.75) is 33.1 Å². The minimum atomic E-state index is 0. The van der Waals surface area contributed by atoms with Crippen molar-refractivity contribution in [2.24, 2.45) is 0 Å². The Balaban J connectivity index is 0.00000156. The van der Waals surface area contributed by atoms with Crippen LogP contribution < -0.4 is 10.1 Å². The fourth-order valence-corrected chi connectivity index (χ4v) is 3.12. The first-order chi connectivity index (χ1) is 11.2. The lowest BCUT2D eigenvalue weighted by Gasteiger charge is -2.18. The number of hydrogen-bond acceptors (Lipinski definition) is 4. The molecule has 0 radical (unpaired) electrons. The largest absolute Gasteiger partial charge is 0.494 e. The minimum absolute atomic E-state index is 0. The number of nitrogens with zero attached hydrogens (tertiary/aromatic N) is 3. The molecule has 140 valence electrons. The molecule has 0 saturated heterocycles. The number of rotatable bonds is 6. The summed E-state index contributed by atoms with van der Waals surface area (Å²) in [6.45, 7) is 7.06. The summed E-state index contributed by atoms with van der Waals surface area (Å²) in [5.41, 5.74) is 3.47. The lowest BCUT2D eigenvalue weighted by Crippen LogP contribution is -2.28. The molecule has 0 fully saturated rings. The van der Waals surface area contributed by atoms with E-state index in [4.69, 9.17) is 16.3 Å². The van der Waals surface area contributed by atoms with Gasteiger partial charge in [-0.2, -0.15) is 5.10 Å². The number of benzene rings is 1. The number of halogens is 3. The Morgan fingerprint density at radius 3 is 2.80 bits per heavy atom. The monoisotopic (exact) mass is 406 g/mol. The predicted molar refractivity (Wildman–Crippen MR) is 106 cm³/mol. The van der Waals surface area contributed by atoms with Gasteiger partial charge in [-0.05, 0) is 38.2 Å². The quantitative estimate of drug-likeness (QED) is 0.795. The van der Waals surface area contributed by atoms with Crippen LogP contribution in [0.1, 0.15) is 23.9 Å². The molecule has 0 unspecified atom stereocenters. The van der Waals surface area contributed by atoms with E-state index in [2.05, 4.69) is 33.1 Å². The molecule has 0 amide bonds. The zero-order valence-electron chi connectivity index (χ0n) is 14.5. The number of fused-ring (bicyclic) bond motifs is 1. The highest BCUT2D eigenvalue weighted by Gasteiger charge is 2.14. The maximum Gasteiger partial charge on any atom is 0.123 e. The van der Waals surface area contributed by atoms with Crippen LogP contribution in [0.4, 0.5) is 0 Å². The van der Waals surface area contributed by atoms with Gasteiger partial charge in [-0.25, -0.2) is 0 Å². The van der Waals surface area contributed by atoms with Crippen molar-refractivity contribution < 1.29 is 4.74 Å². The molecule has 2 heterocycles. The first kappa shape index (κ1) is 22.1. The highest BCUT2D eigenvalue weighted by atomic mass is 35.5. The Kier molecular flexibility index (Phi) is 9.03. The maximum absolute atomic E-state index is 6.13. The van der Waals surface area contributed by atoms with Crippen LogP contribution in [0.5, 0.6) is 5.75 Å². The first-order valence-electron chi connectivity index (χ1n) is 8.02. The van der Waals surface area contributed by atoms with Crippen LogP contribution in [0.25, 0.3) is 0 Å². The van der Waals surface area contributed by atoms with Gasteiger partial charge in [0.1, 0.15) is 5.75 Å². The summed E-state index contributed by atoms with van der Waals surface area (Å²) < 4.78 is 7.80. The molecule has 0 atom stereocenters. The molecule has 5 nitrogen and oxygen atoms in total. The van der Waals surface area contributed by atoms with Gasteiger partial charge in [0.2, 0.25) is 0 Å². The third-order valence-corrected chi connectivity index (χ3v) is 4.15. The molecule has 3 rings (SSSR count). The zero-order valence-corrected chi connectivity index (χ0v) is 16.9. The van der Waals surface area contributed by atoms with Crippen LogP contribution in [0.15, 0.2) is 24.3 Å². The molecule has 1 aliphatic rings. The first-order valence-corrected chi connectivity index (χ1v) is 8.39. The highest BCUT2D eigenvalue weighted by Crippen LogP contribution is 2.24. The normalized spacial score (nSPS) is 13.0. The van der Waals surface area contributed by atoms with Gasteiger partial charge in [-0.15, -0.1) is 24.8 Å². The average Bonchev–Trinajstić information content (AvgIpc) is 2.92. The maximum atomic E-state index is 6.13. The topological polar surface area (TPSA) is 42.3 Å². The molecule has 8 heteroatoms. The second-order valence-corrected chi connectivity index (χ2v) is 6.32. The van der Waals surface area contributed by atoms with E-state index in [1.165, 1.54) is 5.69 Å². The fraction of sp³-hybridized carbons (Fsp3) is 0.471. The van der Waals surface area contributed by atoms with E-state index >= 15 is 0 Å². The third kappa shape index (κ3) is 5.76. The van der Waals surface area contributed by atoms with E-state index in [1.54, 1.807) is 0 Å². The lowest BCUT2D eigenvalue weighted by atomic mass is 10.2. The number of ether oxygens (including phenoxy) is 1. The third-order valence-electron chi connectivity index (χ3n) is 3.91. The molecule has 1 N–H and O–H groups in total. The van der Waals surface area contributed by atoms with Crippen molar-refractivity contribution in [3.05, 3.63) is 46.2 Å². The van der Waals surface area contributed by atoms with E-state index in [0.29, 0.717) is 6.61 Å². The smallest absolute Gasteiger partial charge is 0.123 e. The van der Waals surface area contributed by atoms with E-state index in [9.17, 15) is 0 Å². The Labute approximate surface area is 166 Å². The molecular formula is C17H25Cl3N4O. The number of hydrogen-bond donors (Lipinski definition) is 1. The zero-order chi connectivity index (χ0) is 16.2. The van der Waals surface area contributed by atoms with Gasteiger partial charge in [0, 0.05) is 36.8 Å². The van der Waals surface area contributed by atoms with E-state index in [1.807, 2.05) is 25.1 Å². The SMILES string of the molecule is CCOc1ccc(Cl)cc1CN(C)Cc1cc2n(n1)CCNC2.Cl.Cl. The molecule has 1 aromatic heterocycles. The van der Waals surface area contributed by atoms with Gasteiger partial charge in [-0.3, -0.25) is 9.58 Å². The molecule has 0 saturated carbocycles. The summed E-state index contributed by atoms with van der Waals surface area (Å²) in [6, 6.07) is 7.97. The van der Waals surface area contributed by atoms with Gasteiger partial charge in [0.05, 0.1) is 24.5 Å². The predicted octanol–water partition coefficient (Wildman–Crippen LogP) is 3.51. The summed E-state index contributed by atoms with van der Waals surface area (Å²) in [5, 5.41) is 8.79. The van der Waals surface area contributed by atoms with Crippen molar-refractivity contribution in [2.75, 3.05) is 20.2 Å². The van der Waals surface area contributed by atoms with E-state index in [-0.39, 0.29) is 24.8 Å². The molecule has 1 aromatic carbocycles. The Bertz CT molecular complexity index is 654. The molecule has 25 heavy (non-hydrogen) atoms. The standard InChI is InChI=1S/C17H23ClN4O.2ClH/c1-3-23-17-5-4-14(18)8-13(17)11-21(2)12-15-9-16-10-19-6-7-22(16)20-15;;/h4-5,8-9,19H,3,6-7,10-12H2,1-2H3;2*1H. The Hall–Kier alpha value is -0.980. The summed E-state index contributed by atoms with van der Waals surface area (Å²) in [6.07, 6.45) is 0. The van der Waals surface area contributed by atoms with Gasteiger partial charge < -0.3 is 10.1 Å². The second-order valence-electron chi connectivity index (χ2n) is 5.88. The summed E-state index contributed by atoms with van der Waals surface area (Å²) in [5.74, 6) is 0.900. The Morgan fingerprint density at radius 2 is 2.08 bits per heavy atom. The Morgan fingerprint density at radius 1 is 1.28 bits per heavy atom. The molecule has 0 bridgehead atoms. The van der Waals surface area contributed by atoms with Crippen molar-refractivity contribution >= 4 is 36.4 Å². The van der Waals surface area contributed by atoms with Crippen LogP contribution in [-0.2, 0) is 26.2 Å². The van der Waals surface area contributed by atoms with Crippen molar-refractivity contribution in [3.8, 4) is 5.75 Å². The lowest BCUT2D eigenvalue weighted by molar-refractivity contribution is 0.294. The van der Waals surface area contributed by atoms with Crippen molar-refractivity contribution in [1.29, 1.82) is 0 Å². The van der Waals surface area contributed by atoms with E-state index < -0.39 is 0 Å². The number of nitrogens with one attached hydrogen (secondary N) is 1. The van der Waals surface area contributed by atoms with Crippen LogP contribution in [0.2, 0.25) is 5.02 Å². The van der Waals surface area contributed by atoms with Crippen LogP contribution in [-0.4, -0.2) is 34.9 Å². The molecule has 0 aliphatic carbocycles. The molecule has 1 aliphatic heterocycles. The van der Waals surface area contributed by atoms with Crippen molar-refractivity contribution in [3.63, 3.8) is 0 Å². The molecule has 0 spiro atoms. The highest BCUT2D eigenvalue weighted by molar-refractivity contribution is 6.30. The summed E-state index contributed by atoms with van der Waals surface area (Å²) >= 11 is 6.13. The average molecular weight is 408 g/mol. The summed E-state index contributed by atoms with van der Waals surface area (Å²) in [4.78, 5) is 2.23. The summed E-state index contributed by atoms with van der Waals surface area (Å²) in [7, 11) is 2.09. The van der Waals surface area contributed by atoms with Crippen LogP contribution in [0, 0.1) is 0 Å². The van der Waals surface area contributed by atoms with Gasteiger partial charge in [0.15, 0.2) is 0 Å². The van der Waals surface area contributed by atoms with Gasteiger partial charge in [0.25, 0.3) is 0 Å². The second kappa shape index (κ2) is 10.2. The molecular weight excluding hydrogens is 383 g/mol. The van der Waals surface area contributed by atoms with Gasteiger partial charge in [-0.1, -0.05) is 11.6 Å². The van der Waals surface area contributed by atoms with Crippen LogP contribution >= 0.6 is 36.4 Å².